The average molecular weight is 212 g/mol. The summed E-state index contributed by atoms with van der Waals surface area (Å²) in [6.07, 6.45) is 1.61. The highest BCUT2D eigenvalue weighted by molar-refractivity contribution is 5.02. The Morgan fingerprint density at radius 1 is 1.40 bits per heavy atom. The molecule has 0 unspecified atom stereocenters. The normalized spacial score (nSPS) is 10.5. The lowest BCUT2D eigenvalue weighted by molar-refractivity contribution is 0.177. The zero-order chi connectivity index (χ0) is 11.1. The Balaban J connectivity index is 2.66. The highest BCUT2D eigenvalue weighted by Crippen LogP contribution is 1.98. The van der Waals surface area contributed by atoms with Gasteiger partial charge in [0.15, 0.2) is 0 Å². The van der Waals surface area contributed by atoms with E-state index in [1.165, 1.54) is 6.07 Å². The van der Waals surface area contributed by atoms with Gasteiger partial charge in [0.2, 0.25) is 0 Å². The Kier molecular flexibility index (Phi) is 5.00. The van der Waals surface area contributed by atoms with Gasteiger partial charge in [-0.2, -0.15) is 0 Å². The molecule has 1 aromatic rings. The number of ether oxygens (including phenoxy) is 2. The molecule has 5 nitrogen and oxygen atoms in total. The lowest BCUT2D eigenvalue weighted by Crippen LogP contribution is -2.13. The van der Waals surface area contributed by atoms with Crippen LogP contribution in [0.3, 0.4) is 0 Å². The summed E-state index contributed by atoms with van der Waals surface area (Å²) in [5, 5.41) is 0. The van der Waals surface area contributed by atoms with E-state index >= 15 is 0 Å². The van der Waals surface area contributed by atoms with Crippen LogP contribution < -0.4 is 5.56 Å². The maximum Gasteiger partial charge on any atom is 0.251 e. The summed E-state index contributed by atoms with van der Waals surface area (Å²) in [6, 6.07) is 1.51. The summed E-state index contributed by atoms with van der Waals surface area (Å²) in [5.41, 5.74) is 0.646. The molecule has 1 N–H and O–H groups in total. The molecule has 0 saturated carbocycles. The van der Waals surface area contributed by atoms with E-state index in [4.69, 9.17) is 9.47 Å². The van der Waals surface area contributed by atoms with E-state index in [0.29, 0.717) is 19.0 Å². The molecule has 5 heteroatoms. The van der Waals surface area contributed by atoms with E-state index in [9.17, 15) is 4.79 Å². The van der Waals surface area contributed by atoms with Gasteiger partial charge in [0.05, 0.1) is 0 Å². The number of nitrogens with zero attached hydrogens (tertiary/aromatic N) is 1. The second-order valence-electron chi connectivity index (χ2n) is 3.21. The van der Waals surface area contributed by atoms with Gasteiger partial charge in [-0.05, 0) is 12.8 Å². The quantitative estimate of drug-likeness (QED) is 0.697. The second-order valence-corrected chi connectivity index (χ2v) is 3.21. The van der Waals surface area contributed by atoms with E-state index in [2.05, 4.69) is 9.97 Å². The second kappa shape index (κ2) is 6.31. The summed E-state index contributed by atoms with van der Waals surface area (Å²) in [4.78, 5) is 18.1. The Bertz CT molecular complexity index is 349. The van der Waals surface area contributed by atoms with Gasteiger partial charge in [-0.3, -0.25) is 4.79 Å². The van der Waals surface area contributed by atoms with Crippen molar-refractivity contribution in [3.05, 3.63) is 27.9 Å². The van der Waals surface area contributed by atoms with Gasteiger partial charge in [-0.15, -0.1) is 0 Å². The predicted molar refractivity (Wildman–Crippen MR) is 55.8 cm³/mol. The van der Waals surface area contributed by atoms with Crippen molar-refractivity contribution in [1.82, 2.24) is 9.97 Å². The van der Waals surface area contributed by atoms with E-state index in [1.807, 2.05) is 0 Å². The van der Waals surface area contributed by atoms with Crippen LogP contribution in [0, 0.1) is 0 Å². The van der Waals surface area contributed by atoms with Crippen molar-refractivity contribution in [1.29, 1.82) is 0 Å². The molecule has 0 aliphatic carbocycles. The number of aromatic amines is 1. The summed E-state index contributed by atoms with van der Waals surface area (Å²) >= 11 is 0. The van der Waals surface area contributed by atoms with Gasteiger partial charge in [0.25, 0.3) is 5.56 Å². The minimum absolute atomic E-state index is 0.135. The molecule has 0 bridgehead atoms. The van der Waals surface area contributed by atoms with Crippen LogP contribution >= 0.6 is 0 Å². The fraction of sp³-hybridized carbons (Fsp3) is 0.600. The van der Waals surface area contributed by atoms with E-state index in [-0.39, 0.29) is 5.56 Å². The Morgan fingerprint density at radius 3 is 2.87 bits per heavy atom. The molecule has 0 spiro atoms. The number of aryl methyl sites for hydroxylation is 1. The molecule has 0 saturated heterocycles. The Morgan fingerprint density at radius 2 is 2.20 bits per heavy atom. The molecule has 0 aromatic carbocycles. The third-order valence-electron chi connectivity index (χ3n) is 1.91. The first-order valence-electron chi connectivity index (χ1n) is 4.83. The lowest BCUT2D eigenvalue weighted by Gasteiger charge is -2.03. The molecular weight excluding hydrogens is 196 g/mol. The summed E-state index contributed by atoms with van der Waals surface area (Å²) < 4.78 is 9.84. The maximum atomic E-state index is 11.2. The number of hydrogen-bond donors (Lipinski definition) is 1. The van der Waals surface area contributed by atoms with Crippen LogP contribution in [-0.4, -0.2) is 30.8 Å². The zero-order valence-corrected chi connectivity index (χ0v) is 9.08. The van der Waals surface area contributed by atoms with Gasteiger partial charge >= 0.3 is 0 Å². The highest BCUT2D eigenvalue weighted by atomic mass is 16.5. The largest absolute Gasteiger partial charge is 0.385 e. The summed E-state index contributed by atoms with van der Waals surface area (Å²) in [6.45, 7) is 1.00. The minimum atomic E-state index is -0.135. The van der Waals surface area contributed by atoms with Crippen molar-refractivity contribution < 1.29 is 9.47 Å². The number of methoxy groups -OCH3 is 2. The van der Waals surface area contributed by atoms with Crippen LogP contribution in [0.15, 0.2) is 10.9 Å². The Hall–Kier alpha value is -1.20. The van der Waals surface area contributed by atoms with Gasteiger partial charge in [-0.1, -0.05) is 0 Å². The average Bonchev–Trinajstić information content (AvgIpc) is 2.18. The highest BCUT2D eigenvalue weighted by Gasteiger charge is 2.00. The van der Waals surface area contributed by atoms with Crippen molar-refractivity contribution in [3.8, 4) is 0 Å². The number of aromatic nitrogens is 2. The molecule has 0 fully saturated rings. The first-order chi connectivity index (χ1) is 7.26. The first kappa shape index (κ1) is 11.9. The molecule has 1 aromatic heterocycles. The lowest BCUT2D eigenvalue weighted by atomic mass is 10.2. The van der Waals surface area contributed by atoms with Crippen LogP contribution in [-0.2, 0) is 22.5 Å². The van der Waals surface area contributed by atoms with E-state index < -0.39 is 0 Å². The van der Waals surface area contributed by atoms with Crippen molar-refractivity contribution in [2.24, 2.45) is 0 Å². The third kappa shape index (κ3) is 4.22. The standard InChI is InChI=1S/C10H16N2O3/c1-14-5-3-4-8-6-10(13)12-9(11-8)7-15-2/h6H,3-5,7H2,1-2H3,(H,11,12,13). The van der Waals surface area contributed by atoms with Gasteiger partial charge in [-0.25, -0.2) is 4.98 Å². The molecule has 0 atom stereocenters. The van der Waals surface area contributed by atoms with Crippen molar-refractivity contribution in [2.75, 3.05) is 20.8 Å². The number of rotatable bonds is 6. The van der Waals surface area contributed by atoms with E-state index in [0.717, 1.165) is 18.5 Å². The first-order valence-corrected chi connectivity index (χ1v) is 4.83. The van der Waals surface area contributed by atoms with Crippen molar-refractivity contribution in [2.45, 2.75) is 19.4 Å². The molecule has 1 rings (SSSR count). The van der Waals surface area contributed by atoms with Crippen LogP contribution in [0.2, 0.25) is 0 Å². The predicted octanol–water partition coefficient (Wildman–Crippen LogP) is 0.495. The molecule has 1 heterocycles. The molecular formula is C10H16N2O3. The van der Waals surface area contributed by atoms with Gasteiger partial charge in [0.1, 0.15) is 12.4 Å². The van der Waals surface area contributed by atoms with Crippen LogP contribution in [0.4, 0.5) is 0 Å². The summed E-state index contributed by atoms with van der Waals surface area (Å²) in [5.74, 6) is 0.567. The fourth-order valence-electron chi connectivity index (χ4n) is 1.29. The maximum absolute atomic E-state index is 11.2. The van der Waals surface area contributed by atoms with Crippen molar-refractivity contribution in [3.63, 3.8) is 0 Å². The molecule has 0 aliphatic rings. The van der Waals surface area contributed by atoms with Crippen molar-refractivity contribution >= 4 is 0 Å². The topological polar surface area (TPSA) is 64.2 Å². The van der Waals surface area contributed by atoms with Gasteiger partial charge in [0, 0.05) is 32.6 Å². The molecule has 84 valence electrons. The fourth-order valence-corrected chi connectivity index (χ4v) is 1.29. The van der Waals surface area contributed by atoms with Crippen LogP contribution in [0.1, 0.15) is 17.9 Å². The third-order valence-corrected chi connectivity index (χ3v) is 1.91. The molecule has 0 aliphatic heterocycles. The van der Waals surface area contributed by atoms with Crippen LogP contribution in [0.25, 0.3) is 0 Å². The Labute approximate surface area is 88.4 Å². The monoisotopic (exact) mass is 212 g/mol. The summed E-state index contributed by atoms with van der Waals surface area (Å²) in [7, 11) is 3.22. The number of hydrogen-bond acceptors (Lipinski definition) is 4. The number of H-pyrrole nitrogens is 1. The minimum Gasteiger partial charge on any atom is -0.385 e. The molecule has 15 heavy (non-hydrogen) atoms. The molecule has 0 amide bonds. The van der Waals surface area contributed by atoms with E-state index in [1.54, 1.807) is 14.2 Å². The number of nitrogens with one attached hydrogen (secondary N) is 1. The van der Waals surface area contributed by atoms with Gasteiger partial charge < -0.3 is 14.5 Å². The van der Waals surface area contributed by atoms with Crippen LogP contribution in [0.5, 0.6) is 0 Å². The molecule has 0 radical (unpaired) electrons. The SMILES string of the molecule is COCCCc1cc(=O)[nH]c(COC)n1. The smallest absolute Gasteiger partial charge is 0.251 e. The zero-order valence-electron chi connectivity index (χ0n) is 9.08.